The first-order chi connectivity index (χ1) is 6.25. The number of nitrogens with zero attached hydrogens (tertiary/aromatic N) is 2. The van der Waals surface area contributed by atoms with Crippen molar-refractivity contribution in [2.75, 3.05) is 0 Å². The molecule has 1 aromatic rings. The van der Waals surface area contributed by atoms with E-state index in [9.17, 15) is 0 Å². The van der Waals surface area contributed by atoms with Crippen molar-refractivity contribution in [3.63, 3.8) is 0 Å². The van der Waals surface area contributed by atoms with Crippen molar-refractivity contribution in [2.45, 2.75) is 25.3 Å². The van der Waals surface area contributed by atoms with Gasteiger partial charge in [-0.05, 0) is 12.8 Å². The van der Waals surface area contributed by atoms with E-state index in [1.54, 1.807) is 0 Å². The van der Waals surface area contributed by atoms with Crippen LogP contribution in [-0.4, -0.2) is 15.6 Å². The maximum Gasteiger partial charge on any atom is 0.112 e. The first-order valence-corrected chi connectivity index (χ1v) is 4.65. The maximum atomic E-state index is 5.69. The molecule has 0 aromatic carbocycles. The first kappa shape index (κ1) is 8.51. The molecule has 70 valence electrons. The van der Waals surface area contributed by atoms with Crippen molar-refractivity contribution in [3.05, 3.63) is 29.9 Å². The Morgan fingerprint density at radius 3 is 3.00 bits per heavy atom. The number of nitrogens with two attached hydrogens (primary N) is 1. The molecule has 0 unspecified atom stereocenters. The zero-order chi connectivity index (χ0) is 9.26. The summed E-state index contributed by atoms with van der Waals surface area (Å²) in [6, 6.07) is 0.410. The van der Waals surface area contributed by atoms with Crippen LogP contribution in [-0.2, 0) is 13.5 Å². The molecule has 0 atom stereocenters. The van der Waals surface area contributed by atoms with E-state index in [4.69, 9.17) is 5.73 Å². The highest BCUT2D eigenvalue weighted by atomic mass is 15.0. The number of aryl methyl sites for hydroxylation is 1. The second-order valence-corrected chi connectivity index (χ2v) is 3.69. The van der Waals surface area contributed by atoms with Gasteiger partial charge in [-0.1, -0.05) is 11.6 Å². The molecule has 1 aliphatic carbocycles. The van der Waals surface area contributed by atoms with Crippen LogP contribution in [0.3, 0.4) is 0 Å². The molecule has 0 saturated heterocycles. The van der Waals surface area contributed by atoms with Crippen LogP contribution in [0.5, 0.6) is 0 Å². The highest BCUT2D eigenvalue weighted by Gasteiger charge is 2.17. The molecule has 0 radical (unpaired) electrons. The summed E-state index contributed by atoms with van der Waals surface area (Å²) in [5, 5.41) is 0. The average molecular weight is 177 g/mol. The van der Waals surface area contributed by atoms with E-state index >= 15 is 0 Å². The minimum absolute atomic E-state index is 0.410. The monoisotopic (exact) mass is 177 g/mol. The normalized spacial score (nSPS) is 21.4. The van der Waals surface area contributed by atoms with E-state index in [1.165, 1.54) is 5.57 Å². The average Bonchev–Trinajstić information content (AvgIpc) is 2.43. The number of imidazole rings is 1. The van der Waals surface area contributed by atoms with Crippen molar-refractivity contribution in [2.24, 2.45) is 12.8 Å². The molecule has 0 amide bonds. The largest absolute Gasteiger partial charge is 0.338 e. The summed E-state index contributed by atoms with van der Waals surface area (Å²) in [6.07, 6.45) is 9.15. The summed E-state index contributed by atoms with van der Waals surface area (Å²) in [5.41, 5.74) is 7.17. The van der Waals surface area contributed by atoms with Gasteiger partial charge >= 0.3 is 0 Å². The molecule has 2 N–H and O–H groups in total. The third-order valence-corrected chi connectivity index (χ3v) is 2.54. The molecular formula is C10H15N3. The number of hydrogen-bond donors (Lipinski definition) is 1. The van der Waals surface area contributed by atoms with Gasteiger partial charge in [0.1, 0.15) is 5.82 Å². The molecule has 2 rings (SSSR count). The summed E-state index contributed by atoms with van der Waals surface area (Å²) in [6.45, 7) is 0. The summed E-state index contributed by atoms with van der Waals surface area (Å²) < 4.78 is 2.05. The van der Waals surface area contributed by atoms with Crippen LogP contribution in [0.1, 0.15) is 18.7 Å². The van der Waals surface area contributed by atoms with E-state index in [1.807, 2.05) is 19.4 Å². The lowest BCUT2D eigenvalue weighted by molar-refractivity contribution is 0.539. The van der Waals surface area contributed by atoms with Gasteiger partial charge in [0.2, 0.25) is 0 Å². The van der Waals surface area contributed by atoms with Gasteiger partial charge < -0.3 is 10.3 Å². The Labute approximate surface area is 78.3 Å². The van der Waals surface area contributed by atoms with Crippen LogP contribution in [0.4, 0.5) is 0 Å². The van der Waals surface area contributed by atoms with Gasteiger partial charge in [0.05, 0.1) is 0 Å². The third-order valence-electron chi connectivity index (χ3n) is 2.54. The van der Waals surface area contributed by atoms with Crippen molar-refractivity contribution in [1.82, 2.24) is 9.55 Å². The zero-order valence-corrected chi connectivity index (χ0v) is 7.90. The van der Waals surface area contributed by atoms with Gasteiger partial charge in [0.25, 0.3) is 0 Å². The summed E-state index contributed by atoms with van der Waals surface area (Å²) in [5.74, 6) is 1.12. The van der Waals surface area contributed by atoms with Gasteiger partial charge in [0.15, 0.2) is 0 Å². The Balaban J connectivity index is 1.93. The fraction of sp³-hybridized carbons (Fsp3) is 0.500. The molecule has 13 heavy (non-hydrogen) atoms. The second-order valence-electron chi connectivity index (χ2n) is 3.69. The first-order valence-electron chi connectivity index (χ1n) is 4.65. The molecular weight excluding hydrogens is 162 g/mol. The lowest BCUT2D eigenvalue weighted by Gasteiger charge is -2.25. The smallest absolute Gasteiger partial charge is 0.112 e. The van der Waals surface area contributed by atoms with Gasteiger partial charge in [-0.3, -0.25) is 0 Å². The molecule has 1 aromatic heterocycles. The van der Waals surface area contributed by atoms with Crippen LogP contribution in [0.2, 0.25) is 0 Å². The van der Waals surface area contributed by atoms with Crippen LogP contribution in [0, 0.1) is 0 Å². The fourth-order valence-electron chi connectivity index (χ4n) is 1.61. The molecule has 0 aliphatic heterocycles. The van der Waals surface area contributed by atoms with Crippen molar-refractivity contribution in [1.29, 1.82) is 0 Å². The van der Waals surface area contributed by atoms with Gasteiger partial charge in [0, 0.05) is 31.9 Å². The zero-order valence-electron chi connectivity index (χ0n) is 7.90. The quantitative estimate of drug-likeness (QED) is 0.685. The predicted molar refractivity (Wildman–Crippen MR) is 52.2 cm³/mol. The predicted octanol–water partition coefficient (Wildman–Crippen LogP) is 1.01. The molecule has 1 saturated carbocycles. The lowest BCUT2D eigenvalue weighted by Crippen LogP contribution is -2.30. The summed E-state index contributed by atoms with van der Waals surface area (Å²) in [4.78, 5) is 4.25. The Bertz CT molecular complexity index is 317. The number of hydrogen-bond acceptors (Lipinski definition) is 2. The Kier molecular flexibility index (Phi) is 2.19. The van der Waals surface area contributed by atoms with Crippen LogP contribution < -0.4 is 5.73 Å². The van der Waals surface area contributed by atoms with Crippen molar-refractivity contribution >= 4 is 0 Å². The van der Waals surface area contributed by atoms with Crippen LogP contribution in [0.25, 0.3) is 0 Å². The van der Waals surface area contributed by atoms with Crippen LogP contribution in [0.15, 0.2) is 24.0 Å². The Morgan fingerprint density at radius 1 is 1.69 bits per heavy atom. The lowest BCUT2D eigenvalue weighted by atomic mass is 9.86. The third kappa shape index (κ3) is 1.80. The molecule has 3 nitrogen and oxygen atoms in total. The fourth-order valence-corrected chi connectivity index (χ4v) is 1.61. The van der Waals surface area contributed by atoms with Gasteiger partial charge in [-0.15, -0.1) is 0 Å². The van der Waals surface area contributed by atoms with E-state index in [0.717, 1.165) is 25.1 Å². The topological polar surface area (TPSA) is 43.8 Å². The molecule has 3 heteroatoms. The number of rotatable bonds is 2. The van der Waals surface area contributed by atoms with Crippen LogP contribution >= 0.6 is 0 Å². The molecule has 0 spiro atoms. The van der Waals surface area contributed by atoms with Gasteiger partial charge in [-0.25, -0.2) is 4.98 Å². The summed E-state index contributed by atoms with van der Waals surface area (Å²) >= 11 is 0. The minimum atomic E-state index is 0.410. The number of allylic oxidation sites excluding steroid dienone is 1. The minimum Gasteiger partial charge on any atom is -0.338 e. The van der Waals surface area contributed by atoms with E-state index in [0.29, 0.717) is 6.04 Å². The second kappa shape index (κ2) is 3.34. The highest BCUT2D eigenvalue weighted by molar-refractivity contribution is 5.17. The molecule has 1 heterocycles. The Morgan fingerprint density at radius 2 is 2.46 bits per heavy atom. The molecule has 1 fully saturated rings. The van der Waals surface area contributed by atoms with E-state index < -0.39 is 0 Å². The maximum absolute atomic E-state index is 5.69. The SMILES string of the molecule is Cn1ccnc1CC=C1CC(N)C1. The number of aromatic nitrogens is 2. The van der Waals surface area contributed by atoms with E-state index in [2.05, 4.69) is 15.6 Å². The summed E-state index contributed by atoms with van der Waals surface area (Å²) in [7, 11) is 2.02. The molecule has 0 bridgehead atoms. The molecule has 1 aliphatic rings. The highest BCUT2D eigenvalue weighted by Crippen LogP contribution is 2.24. The Hall–Kier alpha value is -1.09. The van der Waals surface area contributed by atoms with Gasteiger partial charge in [-0.2, -0.15) is 0 Å². The van der Waals surface area contributed by atoms with Crippen molar-refractivity contribution < 1.29 is 0 Å². The van der Waals surface area contributed by atoms with Crippen molar-refractivity contribution in [3.8, 4) is 0 Å². The van der Waals surface area contributed by atoms with E-state index in [-0.39, 0.29) is 0 Å². The standard InChI is InChI=1S/C10H15N3/c1-13-5-4-12-10(13)3-2-8-6-9(11)7-8/h2,4-5,9H,3,6-7,11H2,1H3.